The Morgan fingerprint density at radius 2 is 1.95 bits per heavy atom. The second-order valence-electron chi connectivity index (χ2n) is 7.36. The Morgan fingerprint density at radius 1 is 1.24 bits per heavy atom. The van der Waals surface area contributed by atoms with Crippen LogP contribution in [-0.4, -0.2) is 24.5 Å². The third kappa shape index (κ3) is 2.36. The van der Waals surface area contributed by atoms with Gasteiger partial charge in [0.05, 0.1) is 30.9 Å². The quantitative estimate of drug-likeness (QED) is 0.782. The number of hydrogen-bond donors (Lipinski definition) is 0. The average Bonchev–Trinajstić information content (AvgIpc) is 2.96. The van der Waals surface area contributed by atoms with Crippen LogP contribution in [0.3, 0.4) is 0 Å². The Kier molecular flexibility index (Phi) is 3.33. The van der Waals surface area contributed by atoms with Crippen LogP contribution in [0.2, 0.25) is 18.1 Å². The largest absolute Gasteiger partial charge is 0.414 e. The van der Waals surface area contributed by atoms with Crippen LogP contribution in [-0.2, 0) is 4.43 Å². The summed E-state index contributed by atoms with van der Waals surface area (Å²) in [5.41, 5.74) is 3.85. The lowest BCUT2D eigenvalue weighted by Gasteiger charge is -2.37. The molecule has 1 aromatic carbocycles. The second-order valence-corrected chi connectivity index (χ2v) is 12.2. The van der Waals surface area contributed by atoms with Crippen LogP contribution in [0, 0.1) is 0 Å². The van der Waals surface area contributed by atoms with E-state index in [-0.39, 0.29) is 11.1 Å². The molecule has 3 rings (SSSR count). The molecule has 0 radical (unpaired) electrons. The third-order valence-electron chi connectivity index (χ3n) is 5.01. The molecule has 0 saturated heterocycles. The van der Waals surface area contributed by atoms with Crippen LogP contribution < -0.4 is 0 Å². The number of aromatic nitrogens is 2. The monoisotopic (exact) mass is 300 g/mol. The van der Waals surface area contributed by atoms with Crippen LogP contribution >= 0.6 is 0 Å². The lowest BCUT2D eigenvalue weighted by Crippen LogP contribution is -2.42. The van der Waals surface area contributed by atoms with Crippen molar-refractivity contribution in [1.29, 1.82) is 0 Å². The summed E-state index contributed by atoms with van der Waals surface area (Å²) in [4.78, 5) is 4.30. The van der Waals surface area contributed by atoms with Crippen LogP contribution in [0.15, 0.2) is 36.8 Å². The Hall–Kier alpha value is -1.39. The van der Waals surface area contributed by atoms with Crippen LogP contribution in [0.4, 0.5) is 0 Å². The number of nitrogens with zero attached hydrogens (tertiary/aromatic N) is 2. The second kappa shape index (κ2) is 4.82. The van der Waals surface area contributed by atoms with Crippen molar-refractivity contribution < 1.29 is 4.43 Å². The summed E-state index contributed by atoms with van der Waals surface area (Å²) in [6, 6.07) is 8.84. The van der Waals surface area contributed by atoms with E-state index in [0.29, 0.717) is 0 Å². The minimum absolute atomic E-state index is 0.239. The predicted octanol–water partition coefficient (Wildman–Crippen LogP) is 4.47. The summed E-state index contributed by atoms with van der Waals surface area (Å²) in [5.74, 6) is 0. The maximum absolute atomic E-state index is 6.45. The Bertz CT molecular complexity index is 655. The molecule has 0 N–H and O–H groups in total. The fourth-order valence-corrected chi connectivity index (χ4v) is 3.61. The Labute approximate surface area is 128 Å². The fourth-order valence-electron chi connectivity index (χ4n) is 2.61. The van der Waals surface area contributed by atoms with Crippen molar-refractivity contribution in [2.75, 3.05) is 6.61 Å². The van der Waals surface area contributed by atoms with Crippen molar-refractivity contribution in [3.8, 4) is 11.3 Å². The smallest absolute Gasteiger partial charge is 0.192 e. The Morgan fingerprint density at radius 3 is 2.67 bits per heavy atom. The zero-order chi connectivity index (χ0) is 15.3. The highest BCUT2D eigenvalue weighted by Crippen LogP contribution is 2.41. The van der Waals surface area contributed by atoms with Gasteiger partial charge in [0.1, 0.15) is 0 Å². The van der Waals surface area contributed by atoms with Gasteiger partial charge in [-0.1, -0.05) is 45.0 Å². The first-order chi connectivity index (χ1) is 9.81. The number of imidazole rings is 1. The summed E-state index contributed by atoms with van der Waals surface area (Å²) in [6.07, 6.45) is 3.88. The van der Waals surface area contributed by atoms with Crippen molar-refractivity contribution in [2.45, 2.75) is 44.9 Å². The molecule has 0 saturated carbocycles. The van der Waals surface area contributed by atoms with E-state index in [9.17, 15) is 0 Å². The van der Waals surface area contributed by atoms with E-state index in [1.165, 1.54) is 16.8 Å². The van der Waals surface area contributed by atoms with Crippen LogP contribution in [0.1, 0.15) is 32.4 Å². The number of benzene rings is 1. The molecule has 0 aliphatic carbocycles. The molecule has 0 amide bonds. The lowest BCUT2D eigenvalue weighted by atomic mass is 10.0. The molecule has 0 spiro atoms. The van der Waals surface area contributed by atoms with Crippen molar-refractivity contribution in [2.24, 2.45) is 0 Å². The van der Waals surface area contributed by atoms with E-state index >= 15 is 0 Å². The number of rotatable bonds is 3. The van der Waals surface area contributed by atoms with Gasteiger partial charge in [-0.3, -0.25) is 0 Å². The lowest BCUT2D eigenvalue weighted by molar-refractivity contribution is 0.252. The molecule has 112 valence electrons. The van der Waals surface area contributed by atoms with E-state index in [1.807, 2.05) is 12.5 Å². The average molecular weight is 300 g/mol. The maximum atomic E-state index is 6.45. The molecule has 1 unspecified atom stereocenters. The number of fused-ring (bicyclic) bond motifs is 3. The van der Waals surface area contributed by atoms with Crippen LogP contribution in [0.25, 0.3) is 11.3 Å². The molecule has 1 atom stereocenters. The topological polar surface area (TPSA) is 27.1 Å². The molecule has 4 heteroatoms. The van der Waals surface area contributed by atoms with E-state index in [1.54, 1.807) is 0 Å². The molecular formula is C17H24N2OSi. The summed E-state index contributed by atoms with van der Waals surface area (Å²) >= 11 is 0. The first-order valence-corrected chi connectivity index (χ1v) is 10.5. The highest BCUT2D eigenvalue weighted by atomic mass is 28.4. The van der Waals surface area contributed by atoms with Gasteiger partial charge in [0.2, 0.25) is 0 Å². The predicted molar refractivity (Wildman–Crippen MR) is 89.0 cm³/mol. The highest BCUT2D eigenvalue weighted by Gasteiger charge is 2.39. The van der Waals surface area contributed by atoms with Crippen molar-refractivity contribution >= 4 is 8.32 Å². The van der Waals surface area contributed by atoms with Gasteiger partial charge in [-0.25, -0.2) is 4.98 Å². The highest BCUT2D eigenvalue weighted by molar-refractivity contribution is 6.74. The first-order valence-electron chi connectivity index (χ1n) is 7.56. The summed E-state index contributed by atoms with van der Waals surface area (Å²) in [5, 5.41) is 0.239. The van der Waals surface area contributed by atoms with Gasteiger partial charge < -0.3 is 8.99 Å². The molecular weight excluding hydrogens is 276 g/mol. The molecule has 1 aliphatic heterocycles. The Balaban J connectivity index is 1.88. The molecule has 3 nitrogen and oxygen atoms in total. The van der Waals surface area contributed by atoms with Gasteiger partial charge in [-0.05, 0) is 23.7 Å². The van der Waals surface area contributed by atoms with Gasteiger partial charge >= 0.3 is 0 Å². The first kappa shape index (κ1) is 14.5. The standard InChI is InChI=1S/C17H24N2OSi/c1-17(2,3)21(4,5)20-11-16-14-9-7-6-8-13(14)15-10-18-12-19(15)16/h6-10,12,16H,11H2,1-5H3. The molecule has 1 aliphatic rings. The van der Waals surface area contributed by atoms with E-state index in [0.717, 1.165) is 6.61 Å². The van der Waals surface area contributed by atoms with Crippen molar-refractivity contribution in [3.05, 3.63) is 42.4 Å². The molecule has 1 aromatic heterocycles. The normalized spacial score (nSPS) is 17.7. The van der Waals surface area contributed by atoms with Gasteiger partial charge in [0.15, 0.2) is 8.32 Å². The SMILES string of the molecule is CC(C)(C)[Si](C)(C)OCC1c2ccccc2-c2cncn21. The minimum Gasteiger partial charge on any atom is -0.414 e. The van der Waals surface area contributed by atoms with E-state index in [4.69, 9.17) is 4.43 Å². The van der Waals surface area contributed by atoms with Gasteiger partial charge in [0.25, 0.3) is 0 Å². The maximum Gasteiger partial charge on any atom is 0.192 e. The van der Waals surface area contributed by atoms with Crippen LogP contribution in [0.5, 0.6) is 0 Å². The number of hydrogen-bond acceptors (Lipinski definition) is 2. The van der Waals surface area contributed by atoms with Gasteiger partial charge in [-0.15, -0.1) is 0 Å². The van der Waals surface area contributed by atoms with Crippen molar-refractivity contribution in [3.63, 3.8) is 0 Å². The van der Waals surface area contributed by atoms with E-state index in [2.05, 4.69) is 67.7 Å². The van der Waals surface area contributed by atoms with E-state index < -0.39 is 8.32 Å². The van der Waals surface area contributed by atoms with Crippen molar-refractivity contribution in [1.82, 2.24) is 9.55 Å². The minimum atomic E-state index is -1.73. The molecule has 21 heavy (non-hydrogen) atoms. The summed E-state index contributed by atoms with van der Waals surface area (Å²) in [7, 11) is -1.73. The summed E-state index contributed by atoms with van der Waals surface area (Å²) in [6.45, 7) is 12.2. The van der Waals surface area contributed by atoms with Gasteiger partial charge in [0, 0.05) is 5.56 Å². The van der Waals surface area contributed by atoms with Gasteiger partial charge in [-0.2, -0.15) is 0 Å². The molecule has 2 heterocycles. The zero-order valence-corrected chi connectivity index (χ0v) is 14.6. The molecule has 0 fully saturated rings. The third-order valence-corrected chi connectivity index (χ3v) is 9.51. The fraction of sp³-hybridized carbons (Fsp3) is 0.471. The summed E-state index contributed by atoms with van der Waals surface area (Å²) < 4.78 is 8.70. The molecule has 0 bridgehead atoms. The molecule has 2 aromatic rings. The zero-order valence-electron chi connectivity index (χ0n) is 13.6.